The van der Waals surface area contributed by atoms with Crippen LogP contribution >= 0.6 is 0 Å². The van der Waals surface area contributed by atoms with Gasteiger partial charge in [0.2, 0.25) is 15.9 Å². The molecule has 0 bridgehead atoms. The molecule has 0 aliphatic carbocycles. The van der Waals surface area contributed by atoms with Gasteiger partial charge in [-0.3, -0.25) is 4.79 Å². The molecule has 0 spiro atoms. The third-order valence-electron chi connectivity index (χ3n) is 4.66. The van der Waals surface area contributed by atoms with Crippen molar-refractivity contribution in [3.8, 4) is 0 Å². The molecule has 0 unspecified atom stereocenters. The molecule has 138 valence electrons. The lowest BCUT2D eigenvalue weighted by Crippen LogP contribution is -2.39. The summed E-state index contributed by atoms with van der Waals surface area (Å²) in [5.74, 6) is -0.0919. The monoisotopic (exact) mass is 373 g/mol. The number of amides is 1. The van der Waals surface area contributed by atoms with Crippen LogP contribution in [0.15, 0.2) is 53.4 Å². The Hall–Kier alpha value is -2.22. The van der Waals surface area contributed by atoms with Crippen LogP contribution < -0.4 is 10.5 Å². The van der Waals surface area contributed by atoms with Crippen molar-refractivity contribution in [3.05, 3.63) is 65.2 Å². The Kier molecular flexibility index (Phi) is 5.41. The van der Waals surface area contributed by atoms with E-state index < -0.39 is 10.0 Å². The Bertz CT molecular complexity index is 898. The molecule has 0 saturated carbocycles. The van der Waals surface area contributed by atoms with E-state index in [9.17, 15) is 13.2 Å². The van der Waals surface area contributed by atoms with Crippen molar-refractivity contribution in [2.45, 2.75) is 30.8 Å². The van der Waals surface area contributed by atoms with E-state index in [1.807, 2.05) is 37.3 Å². The zero-order valence-electron chi connectivity index (χ0n) is 14.7. The van der Waals surface area contributed by atoms with Crippen LogP contribution in [0.1, 0.15) is 29.7 Å². The molecular weight excluding hydrogens is 350 g/mol. The highest BCUT2D eigenvalue weighted by Gasteiger charge is 2.23. The summed E-state index contributed by atoms with van der Waals surface area (Å²) in [6.07, 6.45) is 0.624. The molecule has 0 fully saturated rings. The first-order chi connectivity index (χ1) is 12.4. The molecule has 0 saturated heterocycles. The quantitative estimate of drug-likeness (QED) is 0.832. The predicted octanol–water partition coefficient (Wildman–Crippen LogP) is 1.57. The van der Waals surface area contributed by atoms with Crippen LogP contribution in [0.4, 0.5) is 0 Å². The minimum Gasteiger partial charge on any atom is -0.337 e. The zero-order chi connectivity index (χ0) is 18.7. The maximum Gasteiger partial charge on any atom is 0.241 e. The number of rotatable bonds is 5. The molecule has 1 aliphatic heterocycles. The molecule has 2 aromatic rings. The standard InChI is InChI=1S/C19H23N3O3S/c1-14(15-5-3-2-4-6-15)21-26(24,25)18-8-7-17-13-22(19(23)12-20)10-9-16(17)11-18/h2-8,11,14,21H,9-10,12-13,20H2,1H3/t14-/m0/s1. The van der Waals surface area contributed by atoms with E-state index in [1.54, 1.807) is 23.1 Å². The van der Waals surface area contributed by atoms with E-state index in [1.165, 1.54) is 0 Å². The van der Waals surface area contributed by atoms with Crippen LogP contribution in [0.3, 0.4) is 0 Å². The van der Waals surface area contributed by atoms with Gasteiger partial charge in [-0.1, -0.05) is 36.4 Å². The van der Waals surface area contributed by atoms with Crippen molar-refractivity contribution in [2.75, 3.05) is 13.1 Å². The van der Waals surface area contributed by atoms with E-state index in [0.29, 0.717) is 19.5 Å². The van der Waals surface area contributed by atoms with E-state index >= 15 is 0 Å². The number of nitrogens with two attached hydrogens (primary N) is 1. The predicted molar refractivity (Wildman–Crippen MR) is 99.8 cm³/mol. The summed E-state index contributed by atoms with van der Waals surface area (Å²) in [4.78, 5) is 13.7. The molecule has 1 heterocycles. The summed E-state index contributed by atoms with van der Waals surface area (Å²) in [5.41, 5.74) is 8.25. The van der Waals surface area contributed by atoms with Gasteiger partial charge in [0, 0.05) is 19.1 Å². The van der Waals surface area contributed by atoms with Crippen molar-refractivity contribution in [1.82, 2.24) is 9.62 Å². The van der Waals surface area contributed by atoms with Crippen molar-refractivity contribution >= 4 is 15.9 Å². The third kappa shape index (κ3) is 3.95. The molecule has 2 aromatic carbocycles. The molecule has 1 atom stereocenters. The van der Waals surface area contributed by atoms with Crippen LogP contribution in [-0.2, 0) is 27.8 Å². The van der Waals surface area contributed by atoms with Gasteiger partial charge in [0.1, 0.15) is 0 Å². The maximum atomic E-state index is 12.7. The van der Waals surface area contributed by atoms with Gasteiger partial charge in [0.05, 0.1) is 11.4 Å². The molecule has 1 amide bonds. The summed E-state index contributed by atoms with van der Waals surface area (Å²) >= 11 is 0. The largest absolute Gasteiger partial charge is 0.337 e. The van der Waals surface area contributed by atoms with Crippen LogP contribution in [0, 0.1) is 0 Å². The number of hydrogen-bond acceptors (Lipinski definition) is 4. The van der Waals surface area contributed by atoms with Gasteiger partial charge in [-0.05, 0) is 42.2 Å². The first-order valence-electron chi connectivity index (χ1n) is 8.57. The number of fused-ring (bicyclic) bond motifs is 1. The average molecular weight is 373 g/mol. The fourth-order valence-electron chi connectivity index (χ4n) is 3.15. The van der Waals surface area contributed by atoms with Gasteiger partial charge < -0.3 is 10.6 Å². The Morgan fingerprint density at radius 2 is 1.92 bits per heavy atom. The van der Waals surface area contributed by atoms with E-state index in [0.717, 1.165) is 16.7 Å². The first kappa shape index (κ1) is 18.6. The first-order valence-corrected chi connectivity index (χ1v) is 10.1. The topological polar surface area (TPSA) is 92.5 Å². The molecule has 3 N–H and O–H groups in total. The number of hydrogen-bond donors (Lipinski definition) is 2. The Balaban J connectivity index is 1.79. The highest BCUT2D eigenvalue weighted by atomic mass is 32.2. The number of carbonyl (C=O) groups excluding carboxylic acids is 1. The van der Waals surface area contributed by atoms with E-state index in [-0.39, 0.29) is 23.4 Å². The molecular formula is C19H23N3O3S. The van der Waals surface area contributed by atoms with Crippen LogP contribution in [-0.4, -0.2) is 32.3 Å². The molecule has 6 nitrogen and oxygen atoms in total. The van der Waals surface area contributed by atoms with Crippen LogP contribution in [0.2, 0.25) is 0 Å². The van der Waals surface area contributed by atoms with Crippen LogP contribution in [0.25, 0.3) is 0 Å². The van der Waals surface area contributed by atoms with Crippen molar-refractivity contribution < 1.29 is 13.2 Å². The maximum absolute atomic E-state index is 12.7. The third-order valence-corrected chi connectivity index (χ3v) is 6.20. The highest BCUT2D eigenvalue weighted by molar-refractivity contribution is 7.89. The lowest BCUT2D eigenvalue weighted by molar-refractivity contribution is -0.130. The average Bonchev–Trinajstić information content (AvgIpc) is 2.66. The minimum absolute atomic E-state index is 0.0108. The second kappa shape index (κ2) is 7.57. The normalized spacial score (nSPS) is 15.4. The van der Waals surface area contributed by atoms with Gasteiger partial charge in [-0.25, -0.2) is 13.1 Å². The molecule has 0 radical (unpaired) electrons. The van der Waals surface area contributed by atoms with E-state index in [4.69, 9.17) is 5.73 Å². The number of benzene rings is 2. The Labute approximate surface area is 154 Å². The van der Waals surface area contributed by atoms with Gasteiger partial charge in [-0.2, -0.15) is 0 Å². The highest BCUT2D eigenvalue weighted by Crippen LogP contribution is 2.24. The fraction of sp³-hybridized carbons (Fsp3) is 0.316. The fourth-order valence-corrected chi connectivity index (χ4v) is 4.43. The zero-order valence-corrected chi connectivity index (χ0v) is 15.5. The van der Waals surface area contributed by atoms with Crippen molar-refractivity contribution in [3.63, 3.8) is 0 Å². The van der Waals surface area contributed by atoms with Crippen molar-refractivity contribution in [2.24, 2.45) is 5.73 Å². The van der Waals surface area contributed by atoms with E-state index in [2.05, 4.69) is 4.72 Å². The second-order valence-electron chi connectivity index (χ2n) is 6.45. The molecule has 3 rings (SSSR count). The summed E-state index contributed by atoms with van der Waals surface area (Å²) in [6.45, 7) is 2.84. The number of nitrogens with one attached hydrogen (secondary N) is 1. The van der Waals surface area contributed by atoms with Gasteiger partial charge in [0.15, 0.2) is 0 Å². The molecule has 1 aliphatic rings. The molecule has 0 aromatic heterocycles. The number of nitrogens with zero attached hydrogens (tertiary/aromatic N) is 1. The summed E-state index contributed by atoms with van der Waals surface area (Å²) < 4.78 is 28.2. The molecule has 26 heavy (non-hydrogen) atoms. The Morgan fingerprint density at radius 1 is 1.19 bits per heavy atom. The van der Waals surface area contributed by atoms with Gasteiger partial charge >= 0.3 is 0 Å². The smallest absolute Gasteiger partial charge is 0.241 e. The van der Waals surface area contributed by atoms with Gasteiger partial charge in [-0.15, -0.1) is 0 Å². The summed E-state index contributed by atoms with van der Waals surface area (Å²) in [6, 6.07) is 14.2. The second-order valence-corrected chi connectivity index (χ2v) is 8.17. The Morgan fingerprint density at radius 3 is 2.62 bits per heavy atom. The lowest BCUT2D eigenvalue weighted by atomic mass is 10.00. The minimum atomic E-state index is -3.63. The molecule has 7 heteroatoms. The number of carbonyl (C=O) groups is 1. The summed E-state index contributed by atoms with van der Waals surface area (Å²) in [7, 11) is -3.63. The van der Waals surface area contributed by atoms with Crippen LogP contribution in [0.5, 0.6) is 0 Å². The SMILES string of the molecule is C[C@H](NS(=O)(=O)c1ccc2c(c1)CCN(C(=O)CN)C2)c1ccccc1. The van der Waals surface area contributed by atoms with Crippen molar-refractivity contribution in [1.29, 1.82) is 0 Å². The van der Waals surface area contributed by atoms with Gasteiger partial charge in [0.25, 0.3) is 0 Å². The summed E-state index contributed by atoms with van der Waals surface area (Å²) in [5, 5.41) is 0. The number of sulfonamides is 1. The lowest BCUT2D eigenvalue weighted by Gasteiger charge is -2.29.